The molecule has 2 atom stereocenters. The highest BCUT2D eigenvalue weighted by Crippen LogP contribution is 2.21. The minimum absolute atomic E-state index is 0.0581. The number of carbonyl (C=O) groups is 1. The number of aliphatic hydroxyl groups excluding tert-OH is 1. The van der Waals surface area contributed by atoms with Crippen LogP contribution in [0.5, 0.6) is 0 Å². The maximum Gasteiger partial charge on any atom is 0.248 e. The largest absolute Gasteiger partial charge is 0.384 e. The van der Waals surface area contributed by atoms with Gasteiger partial charge in [-0.15, -0.1) is 0 Å². The minimum atomic E-state index is -1.04. The summed E-state index contributed by atoms with van der Waals surface area (Å²) in [6, 6.07) is 6.23. The summed E-state index contributed by atoms with van der Waals surface area (Å²) in [5.74, 6) is -0.692. The monoisotopic (exact) mass is 296 g/mol. The molecule has 1 aromatic rings. The molecule has 6 heteroatoms. The molecule has 0 spiro atoms. The Balaban J connectivity index is 2.09. The van der Waals surface area contributed by atoms with Crippen LogP contribution < -0.4 is 5.32 Å². The summed E-state index contributed by atoms with van der Waals surface area (Å²) >= 11 is 0. The van der Waals surface area contributed by atoms with E-state index in [0.717, 1.165) is 18.7 Å². The summed E-state index contributed by atoms with van der Waals surface area (Å²) in [4.78, 5) is 13.7. The molecular weight excluding hydrogens is 275 g/mol. The third kappa shape index (κ3) is 4.49. The number of hydrogen-bond acceptors (Lipinski definition) is 4. The fraction of sp³-hybridized carbons (Fsp3) is 0.533. The molecule has 2 N–H and O–H groups in total. The zero-order chi connectivity index (χ0) is 15.2. The molecule has 1 aliphatic rings. The standard InChI is InChI=1S/C15H21FN2O3/c1-11(19)15(20)17-10-14(18-6-8-21-9-7-18)12-2-4-13(16)5-3-12/h2-5,11,14,19H,6-10H2,1H3,(H,17,20). The number of ether oxygens (including phenoxy) is 1. The van der Waals surface area contributed by atoms with Gasteiger partial charge in [0.1, 0.15) is 11.9 Å². The van der Waals surface area contributed by atoms with Crippen LogP contribution in [-0.4, -0.2) is 54.9 Å². The van der Waals surface area contributed by atoms with E-state index in [1.807, 2.05) is 0 Å². The van der Waals surface area contributed by atoms with Gasteiger partial charge in [-0.25, -0.2) is 4.39 Å². The second-order valence-electron chi connectivity index (χ2n) is 5.14. The van der Waals surface area contributed by atoms with E-state index in [-0.39, 0.29) is 11.9 Å². The first-order valence-electron chi connectivity index (χ1n) is 7.11. The normalized spacial score (nSPS) is 19.0. The van der Waals surface area contributed by atoms with E-state index in [1.54, 1.807) is 12.1 Å². The molecule has 116 valence electrons. The number of nitrogens with one attached hydrogen (secondary N) is 1. The smallest absolute Gasteiger partial charge is 0.248 e. The van der Waals surface area contributed by atoms with E-state index in [1.165, 1.54) is 19.1 Å². The molecule has 2 rings (SSSR count). The third-order valence-corrected chi connectivity index (χ3v) is 3.59. The summed E-state index contributed by atoms with van der Waals surface area (Å²) in [5.41, 5.74) is 0.934. The topological polar surface area (TPSA) is 61.8 Å². The summed E-state index contributed by atoms with van der Waals surface area (Å²) in [7, 11) is 0. The van der Waals surface area contributed by atoms with E-state index in [4.69, 9.17) is 4.74 Å². The highest BCUT2D eigenvalue weighted by molar-refractivity contribution is 5.80. The second-order valence-corrected chi connectivity index (χ2v) is 5.14. The van der Waals surface area contributed by atoms with Gasteiger partial charge in [-0.05, 0) is 24.6 Å². The SMILES string of the molecule is CC(O)C(=O)NCC(c1ccc(F)cc1)N1CCOCC1. The van der Waals surface area contributed by atoms with E-state index in [0.29, 0.717) is 19.8 Å². The molecule has 1 aromatic carbocycles. The van der Waals surface area contributed by atoms with Crippen molar-refractivity contribution in [1.29, 1.82) is 0 Å². The third-order valence-electron chi connectivity index (χ3n) is 3.59. The molecule has 1 heterocycles. The number of benzene rings is 1. The Kier molecular flexibility index (Phi) is 5.67. The van der Waals surface area contributed by atoms with Crippen LogP contribution in [0, 0.1) is 5.82 Å². The fourth-order valence-corrected chi connectivity index (χ4v) is 2.38. The quantitative estimate of drug-likeness (QED) is 0.839. The van der Waals surface area contributed by atoms with Crippen LogP contribution in [-0.2, 0) is 9.53 Å². The highest BCUT2D eigenvalue weighted by Gasteiger charge is 2.23. The molecule has 2 unspecified atom stereocenters. The van der Waals surface area contributed by atoms with E-state index >= 15 is 0 Å². The van der Waals surface area contributed by atoms with Crippen molar-refractivity contribution in [3.05, 3.63) is 35.6 Å². The molecule has 1 amide bonds. The van der Waals surface area contributed by atoms with Gasteiger partial charge in [0.2, 0.25) is 5.91 Å². The number of carbonyl (C=O) groups excluding carboxylic acids is 1. The zero-order valence-corrected chi connectivity index (χ0v) is 12.1. The molecule has 21 heavy (non-hydrogen) atoms. The van der Waals surface area contributed by atoms with Gasteiger partial charge in [-0.2, -0.15) is 0 Å². The van der Waals surface area contributed by atoms with Crippen molar-refractivity contribution in [1.82, 2.24) is 10.2 Å². The van der Waals surface area contributed by atoms with Gasteiger partial charge in [-0.3, -0.25) is 9.69 Å². The first-order chi connectivity index (χ1) is 10.1. The van der Waals surface area contributed by atoms with E-state index < -0.39 is 12.0 Å². The van der Waals surface area contributed by atoms with Gasteiger partial charge < -0.3 is 15.2 Å². The van der Waals surface area contributed by atoms with Crippen molar-refractivity contribution < 1.29 is 19.0 Å². The second kappa shape index (κ2) is 7.49. The number of amides is 1. The van der Waals surface area contributed by atoms with Gasteiger partial charge >= 0.3 is 0 Å². The average molecular weight is 296 g/mol. The molecule has 0 aromatic heterocycles. The van der Waals surface area contributed by atoms with Crippen LogP contribution >= 0.6 is 0 Å². The number of rotatable bonds is 5. The molecule has 0 radical (unpaired) electrons. The van der Waals surface area contributed by atoms with Gasteiger partial charge in [0.05, 0.1) is 19.3 Å². The number of morpholine rings is 1. The summed E-state index contributed by atoms with van der Waals surface area (Å²) < 4.78 is 18.4. The zero-order valence-electron chi connectivity index (χ0n) is 12.1. The lowest BCUT2D eigenvalue weighted by atomic mass is 10.0. The average Bonchev–Trinajstić information content (AvgIpc) is 2.50. The number of halogens is 1. The molecule has 0 aliphatic carbocycles. The molecule has 0 saturated carbocycles. The molecule has 0 bridgehead atoms. The molecule has 1 fully saturated rings. The first kappa shape index (κ1) is 15.9. The summed E-state index contributed by atoms with van der Waals surface area (Å²) in [6.07, 6.45) is -1.04. The maximum absolute atomic E-state index is 13.1. The van der Waals surface area contributed by atoms with Crippen LogP contribution in [0.1, 0.15) is 18.5 Å². The Morgan fingerprint density at radius 2 is 2.00 bits per heavy atom. The number of nitrogens with zero attached hydrogens (tertiary/aromatic N) is 1. The van der Waals surface area contributed by atoms with Crippen molar-refractivity contribution in [2.45, 2.75) is 19.1 Å². The van der Waals surface area contributed by atoms with Gasteiger partial charge in [0, 0.05) is 19.6 Å². The van der Waals surface area contributed by atoms with Gasteiger partial charge in [0.25, 0.3) is 0 Å². The maximum atomic E-state index is 13.1. The van der Waals surface area contributed by atoms with Crippen LogP contribution in [0.4, 0.5) is 4.39 Å². The summed E-state index contributed by atoms with van der Waals surface area (Å²) in [5, 5.41) is 12.0. The van der Waals surface area contributed by atoms with Gasteiger partial charge in [0.15, 0.2) is 0 Å². The lowest BCUT2D eigenvalue weighted by molar-refractivity contribution is -0.128. The molecule has 1 aliphatic heterocycles. The Hall–Kier alpha value is -1.50. The minimum Gasteiger partial charge on any atom is -0.384 e. The Bertz CT molecular complexity index is 458. The Labute approximate surface area is 123 Å². The highest BCUT2D eigenvalue weighted by atomic mass is 19.1. The molecule has 5 nitrogen and oxygen atoms in total. The number of hydrogen-bond donors (Lipinski definition) is 2. The Morgan fingerprint density at radius 3 is 2.57 bits per heavy atom. The Morgan fingerprint density at radius 1 is 1.38 bits per heavy atom. The van der Waals surface area contributed by atoms with Gasteiger partial charge in [-0.1, -0.05) is 12.1 Å². The van der Waals surface area contributed by atoms with Crippen molar-refractivity contribution in [2.75, 3.05) is 32.8 Å². The van der Waals surface area contributed by atoms with Crippen LogP contribution in [0.15, 0.2) is 24.3 Å². The van der Waals surface area contributed by atoms with Crippen molar-refractivity contribution in [3.8, 4) is 0 Å². The predicted octanol–water partition coefficient (Wildman–Crippen LogP) is 0.696. The van der Waals surface area contributed by atoms with Crippen molar-refractivity contribution in [3.63, 3.8) is 0 Å². The molecular formula is C15H21FN2O3. The lowest BCUT2D eigenvalue weighted by Gasteiger charge is -2.35. The van der Waals surface area contributed by atoms with Crippen molar-refractivity contribution >= 4 is 5.91 Å². The number of aliphatic hydroxyl groups is 1. The predicted molar refractivity (Wildman–Crippen MR) is 76.2 cm³/mol. The summed E-state index contributed by atoms with van der Waals surface area (Å²) in [6.45, 7) is 4.59. The first-order valence-corrected chi connectivity index (χ1v) is 7.11. The van der Waals surface area contributed by atoms with Crippen LogP contribution in [0.2, 0.25) is 0 Å². The molecule has 1 saturated heterocycles. The van der Waals surface area contributed by atoms with E-state index in [2.05, 4.69) is 10.2 Å². The van der Waals surface area contributed by atoms with Crippen molar-refractivity contribution in [2.24, 2.45) is 0 Å². The lowest BCUT2D eigenvalue weighted by Crippen LogP contribution is -2.45. The van der Waals surface area contributed by atoms with E-state index in [9.17, 15) is 14.3 Å². The van der Waals surface area contributed by atoms with Crippen LogP contribution in [0.25, 0.3) is 0 Å². The van der Waals surface area contributed by atoms with Crippen LogP contribution in [0.3, 0.4) is 0 Å². The fourth-order valence-electron chi connectivity index (χ4n) is 2.38.